The summed E-state index contributed by atoms with van der Waals surface area (Å²) in [5, 5.41) is 13.8. The van der Waals surface area contributed by atoms with E-state index in [1.807, 2.05) is 0 Å². The van der Waals surface area contributed by atoms with Gasteiger partial charge in [0.1, 0.15) is 5.25 Å². The van der Waals surface area contributed by atoms with Crippen molar-refractivity contribution in [1.82, 2.24) is 10.2 Å². The zero-order valence-electron chi connectivity index (χ0n) is 6.98. The van der Waals surface area contributed by atoms with E-state index in [9.17, 15) is 13.6 Å². The molecule has 1 atom stereocenters. The Balaban J connectivity index is 2.64. The molecule has 1 unspecified atom stereocenters. The van der Waals surface area contributed by atoms with E-state index in [1.54, 1.807) is 0 Å². The summed E-state index contributed by atoms with van der Waals surface area (Å²) in [6, 6.07) is 0. The number of nitrogens with zero attached hydrogens (tertiary/aromatic N) is 2. The molecule has 1 heterocycles. The summed E-state index contributed by atoms with van der Waals surface area (Å²) in [5.41, 5.74) is 0. The van der Waals surface area contributed by atoms with Crippen molar-refractivity contribution >= 4 is 17.7 Å². The lowest BCUT2D eigenvalue weighted by Crippen LogP contribution is -2.10. The van der Waals surface area contributed by atoms with Crippen LogP contribution in [0.15, 0.2) is 9.64 Å². The monoisotopic (exact) mass is 224 g/mol. The van der Waals surface area contributed by atoms with Crippen LogP contribution >= 0.6 is 11.8 Å². The maximum atomic E-state index is 12.0. The van der Waals surface area contributed by atoms with Crippen molar-refractivity contribution in [2.75, 3.05) is 0 Å². The van der Waals surface area contributed by atoms with E-state index < -0.39 is 23.5 Å². The van der Waals surface area contributed by atoms with Crippen LogP contribution in [0, 0.1) is 0 Å². The number of aromatic nitrogens is 2. The molecule has 0 saturated carbocycles. The molecule has 78 valence electrons. The first-order valence-electron chi connectivity index (χ1n) is 3.51. The highest BCUT2D eigenvalue weighted by molar-refractivity contribution is 8.00. The molecular formula is C6H6F2N2O3S. The third-order valence-corrected chi connectivity index (χ3v) is 2.16. The number of carbonyl (C=O) groups is 1. The second-order valence-corrected chi connectivity index (χ2v) is 3.60. The largest absolute Gasteiger partial charge is 0.480 e. The summed E-state index contributed by atoms with van der Waals surface area (Å²) in [5.74, 6) is -1.88. The van der Waals surface area contributed by atoms with Gasteiger partial charge in [-0.05, 0) is 6.92 Å². The molecule has 0 bridgehead atoms. The number of alkyl halides is 2. The molecule has 0 spiro atoms. The van der Waals surface area contributed by atoms with Crippen LogP contribution in [0.5, 0.6) is 0 Å². The first kappa shape index (κ1) is 10.9. The van der Waals surface area contributed by atoms with Crippen molar-refractivity contribution in [2.45, 2.75) is 23.8 Å². The number of hydrogen-bond donors (Lipinski definition) is 1. The van der Waals surface area contributed by atoms with Crippen LogP contribution in [0.1, 0.15) is 19.2 Å². The number of hydrogen-bond acceptors (Lipinski definition) is 5. The van der Waals surface area contributed by atoms with E-state index in [-0.39, 0.29) is 5.22 Å². The zero-order chi connectivity index (χ0) is 10.7. The van der Waals surface area contributed by atoms with Crippen LogP contribution in [0.4, 0.5) is 8.78 Å². The van der Waals surface area contributed by atoms with Gasteiger partial charge in [0.2, 0.25) is 0 Å². The maximum Gasteiger partial charge on any atom is 0.316 e. The van der Waals surface area contributed by atoms with E-state index in [0.717, 1.165) is 0 Å². The van der Waals surface area contributed by atoms with Gasteiger partial charge in [0.05, 0.1) is 0 Å². The standard InChI is InChI=1S/C6H6F2N2O3S/c1-2(5(11)12)14-6-10-9-4(13-6)3(7)8/h2-3H,1H3,(H,11,12). The lowest BCUT2D eigenvalue weighted by molar-refractivity contribution is -0.136. The molecule has 0 aliphatic heterocycles. The fourth-order valence-electron chi connectivity index (χ4n) is 0.558. The molecule has 1 aromatic rings. The van der Waals surface area contributed by atoms with Gasteiger partial charge in [0.25, 0.3) is 11.1 Å². The van der Waals surface area contributed by atoms with Gasteiger partial charge in [-0.25, -0.2) is 0 Å². The topological polar surface area (TPSA) is 76.2 Å². The molecule has 8 heteroatoms. The van der Waals surface area contributed by atoms with E-state index in [4.69, 9.17) is 5.11 Å². The Bertz CT molecular complexity index is 331. The average Bonchev–Trinajstić information content (AvgIpc) is 2.52. The summed E-state index contributed by atoms with van der Waals surface area (Å²) in [4.78, 5) is 10.4. The molecule has 0 aromatic carbocycles. The van der Waals surface area contributed by atoms with Crippen molar-refractivity contribution in [2.24, 2.45) is 0 Å². The first-order chi connectivity index (χ1) is 6.50. The van der Waals surface area contributed by atoms with Crippen LogP contribution in [-0.2, 0) is 4.79 Å². The third-order valence-electron chi connectivity index (χ3n) is 1.23. The molecule has 1 aromatic heterocycles. The Morgan fingerprint density at radius 1 is 1.57 bits per heavy atom. The number of carboxylic acids is 1. The molecule has 0 fully saturated rings. The number of rotatable bonds is 4. The molecular weight excluding hydrogens is 218 g/mol. The second kappa shape index (κ2) is 4.36. The van der Waals surface area contributed by atoms with E-state index >= 15 is 0 Å². The fourth-order valence-corrected chi connectivity index (χ4v) is 1.18. The number of carboxylic acid groups (broad SMARTS) is 1. The second-order valence-electron chi connectivity index (χ2n) is 2.31. The summed E-state index contributed by atoms with van der Waals surface area (Å²) < 4.78 is 28.4. The highest BCUT2D eigenvalue weighted by Crippen LogP contribution is 2.25. The maximum absolute atomic E-state index is 12.0. The molecule has 0 saturated heterocycles. The molecule has 5 nitrogen and oxygen atoms in total. The summed E-state index contributed by atoms with van der Waals surface area (Å²) in [6.45, 7) is 1.39. The van der Waals surface area contributed by atoms with Gasteiger partial charge in [-0.1, -0.05) is 11.8 Å². The first-order valence-corrected chi connectivity index (χ1v) is 4.39. The van der Waals surface area contributed by atoms with Gasteiger partial charge >= 0.3 is 12.4 Å². The van der Waals surface area contributed by atoms with E-state index in [2.05, 4.69) is 14.6 Å². The minimum atomic E-state index is -2.84. The lowest BCUT2D eigenvalue weighted by Gasteiger charge is -1.99. The van der Waals surface area contributed by atoms with Crippen molar-refractivity contribution in [1.29, 1.82) is 0 Å². The van der Waals surface area contributed by atoms with Crippen LogP contribution in [0.25, 0.3) is 0 Å². The Labute approximate surface area is 81.5 Å². The number of thioether (sulfide) groups is 1. The Hall–Kier alpha value is -1.18. The van der Waals surface area contributed by atoms with Crippen molar-refractivity contribution in [3.8, 4) is 0 Å². The predicted octanol–water partition coefficient (Wildman–Crippen LogP) is 1.57. The van der Waals surface area contributed by atoms with Crippen LogP contribution in [-0.4, -0.2) is 26.5 Å². The molecule has 1 N–H and O–H groups in total. The summed E-state index contributed by atoms with van der Waals surface area (Å²) >= 11 is 0.717. The number of halogens is 2. The smallest absolute Gasteiger partial charge is 0.316 e. The summed E-state index contributed by atoms with van der Waals surface area (Å²) in [7, 11) is 0. The zero-order valence-corrected chi connectivity index (χ0v) is 7.79. The molecule has 0 aliphatic carbocycles. The highest BCUT2D eigenvalue weighted by Gasteiger charge is 2.20. The van der Waals surface area contributed by atoms with Crippen molar-refractivity contribution < 1.29 is 23.1 Å². The Morgan fingerprint density at radius 3 is 2.64 bits per heavy atom. The quantitative estimate of drug-likeness (QED) is 0.782. The Morgan fingerprint density at radius 2 is 2.21 bits per heavy atom. The van der Waals surface area contributed by atoms with Gasteiger partial charge in [-0.15, -0.1) is 10.2 Å². The minimum absolute atomic E-state index is 0.171. The minimum Gasteiger partial charge on any atom is -0.480 e. The van der Waals surface area contributed by atoms with Crippen molar-refractivity contribution in [3.63, 3.8) is 0 Å². The molecule has 1 rings (SSSR count). The van der Waals surface area contributed by atoms with E-state index in [1.165, 1.54) is 6.92 Å². The highest BCUT2D eigenvalue weighted by atomic mass is 32.2. The average molecular weight is 224 g/mol. The number of aliphatic carboxylic acids is 1. The van der Waals surface area contributed by atoms with Gasteiger partial charge in [0.15, 0.2) is 0 Å². The predicted molar refractivity (Wildman–Crippen MR) is 42.2 cm³/mol. The fraction of sp³-hybridized carbons (Fsp3) is 0.500. The van der Waals surface area contributed by atoms with Crippen molar-refractivity contribution in [3.05, 3.63) is 5.89 Å². The van der Waals surface area contributed by atoms with Crippen LogP contribution in [0.2, 0.25) is 0 Å². The van der Waals surface area contributed by atoms with E-state index in [0.29, 0.717) is 11.8 Å². The molecule has 0 aliphatic rings. The molecule has 14 heavy (non-hydrogen) atoms. The molecule has 0 radical (unpaired) electrons. The van der Waals surface area contributed by atoms with Gasteiger partial charge in [-0.3, -0.25) is 4.79 Å². The lowest BCUT2D eigenvalue weighted by atomic mass is 10.5. The van der Waals surface area contributed by atoms with Crippen LogP contribution < -0.4 is 0 Å². The third kappa shape index (κ3) is 2.66. The van der Waals surface area contributed by atoms with Gasteiger partial charge < -0.3 is 9.52 Å². The van der Waals surface area contributed by atoms with Gasteiger partial charge in [0, 0.05) is 0 Å². The Kier molecular flexibility index (Phi) is 3.39. The SMILES string of the molecule is CC(Sc1nnc(C(F)F)o1)C(=O)O. The van der Waals surface area contributed by atoms with Crippen LogP contribution in [0.3, 0.4) is 0 Å². The summed E-state index contributed by atoms with van der Waals surface area (Å²) in [6.07, 6.45) is -2.84. The normalized spacial score (nSPS) is 13.1. The molecule has 0 amide bonds. The van der Waals surface area contributed by atoms with Gasteiger partial charge in [-0.2, -0.15) is 8.78 Å².